The highest BCUT2D eigenvalue weighted by Crippen LogP contribution is 2.35. The molecule has 0 fully saturated rings. The number of benzene rings is 1. The first kappa shape index (κ1) is 19.6. The minimum absolute atomic E-state index is 0.0150. The maximum absolute atomic E-state index is 12.9. The lowest BCUT2D eigenvalue weighted by molar-refractivity contribution is -0.125. The molecule has 2 amide bonds. The van der Waals surface area contributed by atoms with Crippen molar-refractivity contribution in [1.29, 1.82) is 0 Å². The van der Waals surface area contributed by atoms with E-state index in [1.54, 1.807) is 42.3 Å². The van der Waals surface area contributed by atoms with Gasteiger partial charge in [-0.3, -0.25) is 9.59 Å². The third-order valence-electron chi connectivity index (χ3n) is 4.99. The highest BCUT2D eigenvalue weighted by Gasteiger charge is 2.31. The summed E-state index contributed by atoms with van der Waals surface area (Å²) in [7, 11) is 0. The fourth-order valence-electron chi connectivity index (χ4n) is 3.46. The lowest BCUT2D eigenvalue weighted by Crippen LogP contribution is -2.41. The minimum Gasteiger partial charge on any atom is -0.485 e. The van der Waals surface area contributed by atoms with Crippen molar-refractivity contribution in [2.24, 2.45) is 0 Å². The van der Waals surface area contributed by atoms with E-state index < -0.39 is 6.10 Å². The number of rotatable bonds is 6. The molecule has 0 saturated heterocycles. The zero-order chi connectivity index (χ0) is 21.2. The number of hydrogen-bond donors (Lipinski definition) is 2. The van der Waals surface area contributed by atoms with E-state index in [0.717, 1.165) is 22.8 Å². The van der Waals surface area contributed by atoms with Crippen molar-refractivity contribution >= 4 is 29.4 Å². The number of nitrogens with one attached hydrogen (secondary N) is 2. The van der Waals surface area contributed by atoms with Gasteiger partial charge in [-0.05, 0) is 24.3 Å². The molecule has 0 saturated carbocycles. The molecule has 10 heteroatoms. The van der Waals surface area contributed by atoms with Crippen LogP contribution in [-0.4, -0.2) is 34.3 Å². The van der Waals surface area contributed by atoms with Gasteiger partial charge >= 0.3 is 0 Å². The first-order chi connectivity index (χ1) is 15.2. The molecule has 2 N–H and O–H groups in total. The van der Waals surface area contributed by atoms with Gasteiger partial charge in [0.2, 0.25) is 12.0 Å². The van der Waals surface area contributed by atoms with Crippen molar-refractivity contribution in [3.63, 3.8) is 0 Å². The Bertz CT molecular complexity index is 1110. The Balaban J connectivity index is 1.28. The second-order valence-corrected chi connectivity index (χ2v) is 8.12. The van der Waals surface area contributed by atoms with Gasteiger partial charge < -0.3 is 24.5 Å². The van der Waals surface area contributed by atoms with Gasteiger partial charge in [0, 0.05) is 17.1 Å². The molecule has 9 nitrogen and oxygen atoms in total. The van der Waals surface area contributed by atoms with Gasteiger partial charge in [-0.2, -0.15) is 16.9 Å². The number of anilines is 1. The number of fused-ring (bicyclic) bond motifs is 2. The van der Waals surface area contributed by atoms with E-state index in [2.05, 4.69) is 15.7 Å². The molecule has 1 unspecified atom stereocenters. The van der Waals surface area contributed by atoms with Crippen LogP contribution in [0.25, 0.3) is 0 Å². The zero-order valence-corrected chi connectivity index (χ0v) is 17.3. The summed E-state index contributed by atoms with van der Waals surface area (Å²) in [4.78, 5) is 25.4. The first-order valence-electron chi connectivity index (χ1n) is 9.82. The normalized spacial score (nSPS) is 16.6. The number of para-hydroxylation sites is 2. The molecule has 0 aliphatic carbocycles. The van der Waals surface area contributed by atoms with Crippen molar-refractivity contribution in [2.75, 3.05) is 11.9 Å². The third-order valence-corrected chi connectivity index (χ3v) is 5.97. The van der Waals surface area contributed by atoms with Crippen LogP contribution in [0.5, 0.6) is 11.5 Å². The smallest absolute Gasteiger partial charge is 0.270 e. The molecule has 0 bridgehead atoms. The number of carbonyl (C=O) groups is 2. The maximum Gasteiger partial charge on any atom is 0.270 e. The molecule has 0 spiro atoms. The van der Waals surface area contributed by atoms with Gasteiger partial charge in [-0.1, -0.05) is 12.1 Å². The predicted molar refractivity (Wildman–Crippen MR) is 113 cm³/mol. The summed E-state index contributed by atoms with van der Waals surface area (Å²) in [6, 6.07) is 10.8. The lowest BCUT2D eigenvalue weighted by Gasteiger charge is -2.25. The maximum atomic E-state index is 12.9. The zero-order valence-electron chi connectivity index (χ0n) is 16.5. The van der Waals surface area contributed by atoms with Crippen molar-refractivity contribution in [3.8, 4) is 11.5 Å². The first-order valence-corrected chi connectivity index (χ1v) is 11.0. The SMILES string of the molecule is O=C(Cn1nc2c(c1NC(=O)C1COc3ccccc3O1)CSC2)NCc1ccco1. The number of amides is 2. The van der Waals surface area contributed by atoms with Crippen LogP contribution in [0, 0.1) is 0 Å². The van der Waals surface area contributed by atoms with Crippen molar-refractivity contribution in [2.45, 2.75) is 30.7 Å². The summed E-state index contributed by atoms with van der Waals surface area (Å²) in [6.45, 7) is 0.382. The summed E-state index contributed by atoms with van der Waals surface area (Å²) in [5, 5.41) is 10.2. The molecule has 2 aliphatic heterocycles. The molecule has 0 radical (unpaired) electrons. The Morgan fingerprint density at radius 2 is 2.03 bits per heavy atom. The van der Waals surface area contributed by atoms with Crippen molar-refractivity contribution < 1.29 is 23.5 Å². The number of furan rings is 1. The van der Waals surface area contributed by atoms with Gasteiger partial charge in [0.25, 0.3) is 5.91 Å². The lowest BCUT2D eigenvalue weighted by atomic mass is 10.2. The topological polar surface area (TPSA) is 108 Å². The van der Waals surface area contributed by atoms with Gasteiger partial charge in [0.1, 0.15) is 24.7 Å². The van der Waals surface area contributed by atoms with Gasteiger partial charge in [-0.25, -0.2) is 4.68 Å². The Morgan fingerprint density at radius 1 is 1.16 bits per heavy atom. The van der Waals surface area contributed by atoms with Crippen LogP contribution in [0.2, 0.25) is 0 Å². The summed E-state index contributed by atoms with van der Waals surface area (Å²) >= 11 is 1.72. The molecule has 2 aliphatic rings. The molecule has 1 aromatic carbocycles. The van der Waals surface area contributed by atoms with E-state index in [1.807, 2.05) is 12.1 Å². The van der Waals surface area contributed by atoms with Crippen LogP contribution in [0.3, 0.4) is 0 Å². The van der Waals surface area contributed by atoms with Crippen LogP contribution in [0.1, 0.15) is 17.0 Å². The van der Waals surface area contributed by atoms with Crippen molar-refractivity contribution in [1.82, 2.24) is 15.1 Å². The molecule has 2 aromatic heterocycles. The minimum atomic E-state index is -0.796. The summed E-state index contributed by atoms with van der Waals surface area (Å²) in [5.74, 6) is 3.23. The number of carbonyl (C=O) groups excluding carboxylic acids is 2. The third kappa shape index (κ3) is 4.11. The van der Waals surface area contributed by atoms with Gasteiger partial charge in [0.05, 0.1) is 18.5 Å². The van der Waals surface area contributed by atoms with E-state index in [4.69, 9.17) is 13.9 Å². The van der Waals surface area contributed by atoms with Crippen LogP contribution in [0.15, 0.2) is 47.1 Å². The molecular weight excluding hydrogens is 420 g/mol. The number of hydrogen-bond acceptors (Lipinski definition) is 7. The number of thioether (sulfide) groups is 1. The van der Waals surface area contributed by atoms with Crippen LogP contribution < -0.4 is 20.1 Å². The number of aromatic nitrogens is 2. The average molecular weight is 440 g/mol. The molecule has 160 valence electrons. The number of ether oxygens (including phenoxy) is 2. The summed E-state index contributed by atoms with van der Waals surface area (Å²) in [5.41, 5.74) is 1.82. The molecule has 4 heterocycles. The summed E-state index contributed by atoms with van der Waals surface area (Å²) in [6.07, 6.45) is 0.760. The van der Waals surface area contributed by atoms with Gasteiger partial charge in [0.15, 0.2) is 11.5 Å². The monoisotopic (exact) mass is 440 g/mol. The molecule has 1 atom stereocenters. The van der Waals surface area contributed by atoms with E-state index >= 15 is 0 Å². The largest absolute Gasteiger partial charge is 0.485 e. The average Bonchev–Trinajstić information content (AvgIpc) is 3.52. The van der Waals surface area contributed by atoms with Gasteiger partial charge in [-0.15, -0.1) is 0 Å². The molecule has 5 rings (SSSR count). The molecule has 31 heavy (non-hydrogen) atoms. The Morgan fingerprint density at radius 3 is 2.87 bits per heavy atom. The fourth-order valence-corrected chi connectivity index (χ4v) is 4.49. The highest BCUT2D eigenvalue weighted by atomic mass is 32.2. The standard InChI is InChI=1S/C21H20N4O5S/c26-19(22-8-13-4-3-7-28-13)9-25-20(14-11-31-12-15(14)24-25)23-21(27)18-10-29-16-5-1-2-6-17(16)30-18/h1-7,18H,8-12H2,(H,22,26)(H,23,27). The summed E-state index contributed by atoms with van der Waals surface area (Å²) < 4.78 is 18.2. The predicted octanol–water partition coefficient (Wildman–Crippen LogP) is 2.32. The quantitative estimate of drug-likeness (QED) is 0.606. The fraction of sp³-hybridized carbons (Fsp3) is 0.286. The van der Waals surface area contributed by atoms with Crippen LogP contribution in [0.4, 0.5) is 5.82 Å². The van der Waals surface area contributed by atoms with E-state index in [1.165, 1.54) is 4.68 Å². The second kappa shape index (κ2) is 8.38. The molecule has 3 aromatic rings. The van der Waals surface area contributed by atoms with Crippen molar-refractivity contribution in [3.05, 3.63) is 59.7 Å². The highest BCUT2D eigenvalue weighted by molar-refractivity contribution is 7.98. The number of nitrogens with zero attached hydrogens (tertiary/aromatic N) is 2. The second-order valence-electron chi connectivity index (χ2n) is 7.13. The van der Waals surface area contributed by atoms with E-state index in [0.29, 0.717) is 23.1 Å². The van der Waals surface area contributed by atoms with Crippen LogP contribution in [-0.2, 0) is 34.2 Å². The Kier molecular flexibility index (Phi) is 5.29. The molecular formula is C21H20N4O5S. The Hall–Kier alpha value is -3.40. The van der Waals surface area contributed by atoms with E-state index in [9.17, 15) is 9.59 Å². The Labute approximate surface area is 182 Å². The van der Waals surface area contributed by atoms with Crippen LogP contribution >= 0.6 is 11.8 Å². The van der Waals surface area contributed by atoms with E-state index in [-0.39, 0.29) is 31.5 Å².